The normalized spacial score (nSPS) is 16.2. The van der Waals surface area contributed by atoms with E-state index in [-0.39, 0.29) is 19.3 Å². The fourth-order valence-corrected chi connectivity index (χ4v) is 1.46. The number of ether oxygens (including phenoxy) is 1. The van der Waals surface area contributed by atoms with Crippen LogP contribution in [-0.2, 0) is 10.9 Å². The van der Waals surface area contributed by atoms with E-state index in [9.17, 15) is 22.4 Å². The average Bonchev–Trinajstić information content (AvgIpc) is 2.22. The molecule has 0 unspecified atom stereocenters. The number of hydrogen-bond acceptors (Lipinski definition) is 2. The minimum absolute atomic E-state index is 0.272. The van der Waals surface area contributed by atoms with Crippen LogP contribution in [0.2, 0.25) is 0 Å². The van der Waals surface area contributed by atoms with Crippen LogP contribution in [0.25, 0.3) is 0 Å². The summed E-state index contributed by atoms with van der Waals surface area (Å²) in [5, 5.41) is 2.38. The Morgan fingerprint density at radius 2 is 2.00 bits per heavy atom. The van der Waals surface area contributed by atoms with E-state index < -0.39 is 29.0 Å². The summed E-state index contributed by atoms with van der Waals surface area (Å²) >= 11 is 0. The molecule has 1 aliphatic rings. The van der Waals surface area contributed by atoms with Crippen molar-refractivity contribution < 1.29 is 27.1 Å². The third-order valence-electron chi connectivity index (χ3n) is 2.51. The molecule has 0 radical (unpaired) electrons. The monoisotopic (exact) mass is 263 g/mol. The smallest absolute Gasteiger partial charge is 0.377 e. The Labute approximate surface area is 99.7 Å². The highest BCUT2D eigenvalue weighted by Gasteiger charge is 2.32. The van der Waals surface area contributed by atoms with Gasteiger partial charge in [0, 0.05) is 0 Å². The van der Waals surface area contributed by atoms with E-state index in [1.54, 1.807) is 0 Å². The Kier molecular flexibility index (Phi) is 3.25. The molecule has 0 aliphatic carbocycles. The molecule has 1 fully saturated rings. The summed E-state index contributed by atoms with van der Waals surface area (Å²) in [6, 6.07) is 1.46. The molecule has 7 heteroatoms. The highest BCUT2D eigenvalue weighted by atomic mass is 19.4. The third kappa shape index (κ3) is 2.61. The van der Waals surface area contributed by atoms with E-state index in [0.717, 1.165) is 0 Å². The molecule has 1 aliphatic heterocycles. The molecular weight excluding hydrogens is 254 g/mol. The van der Waals surface area contributed by atoms with Gasteiger partial charge in [0.1, 0.15) is 5.82 Å². The van der Waals surface area contributed by atoms with E-state index >= 15 is 0 Å². The van der Waals surface area contributed by atoms with Gasteiger partial charge in [-0.1, -0.05) is 0 Å². The summed E-state index contributed by atoms with van der Waals surface area (Å²) < 4.78 is 55.4. The molecule has 18 heavy (non-hydrogen) atoms. The first kappa shape index (κ1) is 12.8. The van der Waals surface area contributed by atoms with Crippen LogP contribution >= 0.6 is 0 Å². The van der Waals surface area contributed by atoms with Crippen LogP contribution in [0.3, 0.4) is 0 Å². The first-order valence-corrected chi connectivity index (χ1v) is 5.13. The molecule has 0 bridgehead atoms. The second-order valence-corrected chi connectivity index (χ2v) is 3.90. The number of nitrogens with one attached hydrogen (secondary N) is 1. The molecule has 0 spiro atoms. The van der Waals surface area contributed by atoms with Crippen molar-refractivity contribution >= 4 is 5.91 Å². The molecule has 98 valence electrons. The number of hydrogen-bond donors (Lipinski definition) is 1. The van der Waals surface area contributed by atoms with Crippen molar-refractivity contribution in [2.75, 3.05) is 13.2 Å². The van der Waals surface area contributed by atoms with E-state index in [4.69, 9.17) is 4.74 Å². The maximum atomic E-state index is 13.3. The number of benzene rings is 1. The van der Waals surface area contributed by atoms with E-state index in [1.165, 1.54) is 0 Å². The molecule has 2 rings (SSSR count). The summed E-state index contributed by atoms with van der Waals surface area (Å²) in [6.45, 7) is 0.568. The Morgan fingerprint density at radius 3 is 2.50 bits per heavy atom. The van der Waals surface area contributed by atoms with Crippen molar-refractivity contribution in [3.05, 3.63) is 35.1 Å². The lowest BCUT2D eigenvalue weighted by Crippen LogP contribution is -2.48. The average molecular weight is 263 g/mol. The van der Waals surface area contributed by atoms with E-state index in [0.29, 0.717) is 18.2 Å². The van der Waals surface area contributed by atoms with E-state index in [1.807, 2.05) is 0 Å². The molecule has 1 aromatic rings. The molecule has 1 saturated heterocycles. The van der Waals surface area contributed by atoms with Crippen LogP contribution in [0.4, 0.5) is 17.6 Å². The lowest BCUT2D eigenvalue weighted by Gasteiger charge is -2.26. The summed E-state index contributed by atoms with van der Waals surface area (Å²) in [5.74, 6) is -1.85. The molecule has 1 amide bonds. The van der Waals surface area contributed by atoms with Crippen LogP contribution in [0.15, 0.2) is 18.2 Å². The van der Waals surface area contributed by atoms with Crippen molar-refractivity contribution in [2.45, 2.75) is 12.2 Å². The van der Waals surface area contributed by atoms with E-state index in [2.05, 4.69) is 5.32 Å². The van der Waals surface area contributed by atoms with Gasteiger partial charge in [0.2, 0.25) is 0 Å². The predicted octanol–water partition coefficient (Wildman–Crippen LogP) is 1.97. The zero-order valence-electron chi connectivity index (χ0n) is 9.05. The summed E-state index contributed by atoms with van der Waals surface area (Å²) in [6.07, 6.45) is -4.61. The van der Waals surface area contributed by atoms with Gasteiger partial charge in [0.15, 0.2) is 0 Å². The zero-order valence-corrected chi connectivity index (χ0v) is 9.05. The van der Waals surface area contributed by atoms with Crippen molar-refractivity contribution in [1.29, 1.82) is 0 Å². The summed E-state index contributed by atoms with van der Waals surface area (Å²) in [5.41, 5.74) is -1.67. The summed E-state index contributed by atoms with van der Waals surface area (Å²) in [4.78, 5) is 11.6. The number of alkyl halides is 3. The number of carbonyl (C=O) groups is 1. The fraction of sp³-hybridized carbons (Fsp3) is 0.364. The third-order valence-corrected chi connectivity index (χ3v) is 2.51. The molecule has 1 N–H and O–H groups in total. The minimum Gasteiger partial charge on any atom is -0.377 e. The first-order valence-electron chi connectivity index (χ1n) is 5.13. The Bertz CT molecular complexity index is 469. The van der Waals surface area contributed by atoms with Gasteiger partial charge in [-0.3, -0.25) is 4.79 Å². The topological polar surface area (TPSA) is 38.3 Å². The van der Waals surface area contributed by atoms with Crippen molar-refractivity contribution in [3.63, 3.8) is 0 Å². The maximum absolute atomic E-state index is 13.3. The molecule has 3 nitrogen and oxygen atoms in total. The van der Waals surface area contributed by atoms with Crippen LogP contribution in [0, 0.1) is 5.82 Å². The number of halogens is 4. The van der Waals surface area contributed by atoms with Crippen molar-refractivity contribution in [2.24, 2.45) is 0 Å². The SMILES string of the molecule is O=C(NC1COC1)c1cc(C(F)(F)F)ccc1F. The number of carbonyl (C=O) groups excluding carboxylic acids is 1. The largest absolute Gasteiger partial charge is 0.416 e. The molecule has 1 heterocycles. The first-order chi connectivity index (χ1) is 8.38. The number of amides is 1. The van der Waals surface area contributed by atoms with Gasteiger partial charge in [-0.05, 0) is 18.2 Å². The maximum Gasteiger partial charge on any atom is 0.416 e. The van der Waals surface area contributed by atoms with Gasteiger partial charge >= 0.3 is 6.18 Å². The van der Waals surface area contributed by atoms with Crippen LogP contribution in [0.1, 0.15) is 15.9 Å². The van der Waals surface area contributed by atoms with Gasteiger partial charge < -0.3 is 10.1 Å². The number of rotatable bonds is 2. The molecular formula is C11H9F4NO2. The predicted molar refractivity (Wildman–Crippen MR) is 53.5 cm³/mol. The second-order valence-electron chi connectivity index (χ2n) is 3.90. The highest BCUT2D eigenvalue weighted by Crippen LogP contribution is 2.30. The van der Waals surface area contributed by atoms with Gasteiger partial charge in [0.05, 0.1) is 30.4 Å². The lowest BCUT2D eigenvalue weighted by atomic mass is 10.1. The Morgan fingerprint density at radius 1 is 1.33 bits per heavy atom. The van der Waals surface area contributed by atoms with Gasteiger partial charge in [-0.15, -0.1) is 0 Å². The highest BCUT2D eigenvalue weighted by molar-refractivity contribution is 5.95. The lowest BCUT2D eigenvalue weighted by molar-refractivity contribution is -0.137. The van der Waals surface area contributed by atoms with Crippen LogP contribution in [0.5, 0.6) is 0 Å². The van der Waals surface area contributed by atoms with Crippen LogP contribution in [-0.4, -0.2) is 25.2 Å². The Hall–Kier alpha value is -1.63. The Balaban J connectivity index is 2.22. The summed E-state index contributed by atoms with van der Waals surface area (Å²) in [7, 11) is 0. The van der Waals surface area contributed by atoms with Crippen molar-refractivity contribution in [3.8, 4) is 0 Å². The molecule has 0 aromatic heterocycles. The molecule has 1 aromatic carbocycles. The van der Waals surface area contributed by atoms with Gasteiger partial charge in [0.25, 0.3) is 5.91 Å². The minimum atomic E-state index is -4.61. The van der Waals surface area contributed by atoms with Crippen molar-refractivity contribution in [1.82, 2.24) is 5.32 Å². The zero-order chi connectivity index (χ0) is 13.3. The molecule has 0 atom stereocenters. The van der Waals surface area contributed by atoms with Crippen LogP contribution < -0.4 is 5.32 Å². The van der Waals surface area contributed by atoms with Gasteiger partial charge in [-0.2, -0.15) is 13.2 Å². The fourth-order valence-electron chi connectivity index (χ4n) is 1.46. The van der Waals surface area contributed by atoms with Gasteiger partial charge in [-0.25, -0.2) is 4.39 Å². The molecule has 0 saturated carbocycles. The quantitative estimate of drug-likeness (QED) is 0.828. The second kappa shape index (κ2) is 4.56. The standard InChI is InChI=1S/C11H9F4NO2/c12-9-2-1-6(11(13,14)15)3-8(9)10(17)16-7-4-18-5-7/h1-3,7H,4-5H2,(H,16,17).